The van der Waals surface area contributed by atoms with Gasteiger partial charge in [0, 0.05) is 25.8 Å². The Kier molecular flexibility index (Phi) is 5.68. The van der Waals surface area contributed by atoms with Crippen LogP contribution in [0.1, 0.15) is 62.0 Å². The fourth-order valence-corrected chi connectivity index (χ4v) is 4.03. The summed E-state index contributed by atoms with van der Waals surface area (Å²) < 4.78 is 5.57. The van der Waals surface area contributed by atoms with Gasteiger partial charge in [-0.05, 0) is 48.6 Å². The predicted octanol–water partition coefficient (Wildman–Crippen LogP) is 3.30. The smallest absolute Gasteiger partial charge is 0.261 e. The van der Waals surface area contributed by atoms with E-state index in [1.54, 1.807) is 30.1 Å². The van der Waals surface area contributed by atoms with Gasteiger partial charge in [0.25, 0.3) is 17.7 Å². The molecule has 0 saturated carbocycles. The highest BCUT2D eigenvalue weighted by atomic mass is 16.5. The van der Waals surface area contributed by atoms with Gasteiger partial charge in [0.05, 0.1) is 23.8 Å². The lowest BCUT2D eigenvalue weighted by atomic mass is 10.0. The maximum Gasteiger partial charge on any atom is 0.261 e. The molecule has 0 aliphatic carbocycles. The van der Waals surface area contributed by atoms with Gasteiger partial charge in [0.1, 0.15) is 0 Å². The number of hydrogen-bond acceptors (Lipinski definition) is 4. The Morgan fingerprint density at radius 3 is 2.43 bits per heavy atom. The van der Waals surface area contributed by atoms with Crippen molar-refractivity contribution in [1.82, 2.24) is 9.80 Å². The largest absolute Gasteiger partial charge is 0.376 e. The summed E-state index contributed by atoms with van der Waals surface area (Å²) in [5, 5.41) is 0. The van der Waals surface area contributed by atoms with Crippen molar-refractivity contribution in [3.8, 4) is 0 Å². The molecule has 2 aliphatic heterocycles. The molecule has 1 saturated heterocycles. The van der Waals surface area contributed by atoms with Gasteiger partial charge >= 0.3 is 0 Å². The molecule has 0 bridgehead atoms. The van der Waals surface area contributed by atoms with Crippen LogP contribution < -0.4 is 0 Å². The minimum Gasteiger partial charge on any atom is -0.376 e. The molecule has 156 valence electrons. The molecule has 1 unspecified atom stereocenters. The average molecular weight is 406 g/mol. The second kappa shape index (κ2) is 8.40. The monoisotopic (exact) mass is 406 g/mol. The predicted molar refractivity (Wildman–Crippen MR) is 112 cm³/mol. The Labute approximate surface area is 176 Å². The standard InChI is InChI=1S/C24H26N2O4/c1-3-16-6-8-17(9-7-16)14-25(2)22(27)18-10-11-20-21(13-18)24(29)26(23(20)28)15-19-5-4-12-30-19/h6-11,13,19H,3-5,12,14-15H2,1-2H3. The Balaban J connectivity index is 1.48. The Morgan fingerprint density at radius 2 is 1.77 bits per heavy atom. The van der Waals surface area contributed by atoms with E-state index in [1.807, 2.05) is 12.1 Å². The molecule has 0 aromatic heterocycles. The SMILES string of the molecule is CCc1ccc(CN(C)C(=O)c2ccc3c(c2)C(=O)N(CC2CCCO2)C3=O)cc1. The second-order valence-corrected chi connectivity index (χ2v) is 7.95. The highest BCUT2D eigenvalue weighted by Crippen LogP contribution is 2.26. The van der Waals surface area contributed by atoms with Crippen LogP contribution in [-0.4, -0.2) is 53.8 Å². The van der Waals surface area contributed by atoms with E-state index in [0.29, 0.717) is 29.8 Å². The van der Waals surface area contributed by atoms with Gasteiger partial charge in [-0.15, -0.1) is 0 Å². The van der Waals surface area contributed by atoms with E-state index in [0.717, 1.165) is 24.8 Å². The Morgan fingerprint density at radius 1 is 1.07 bits per heavy atom. The number of nitrogens with zero attached hydrogens (tertiary/aromatic N) is 2. The van der Waals surface area contributed by atoms with Crippen molar-refractivity contribution in [3.05, 3.63) is 70.3 Å². The van der Waals surface area contributed by atoms with Crippen LogP contribution in [0.25, 0.3) is 0 Å². The van der Waals surface area contributed by atoms with E-state index >= 15 is 0 Å². The van der Waals surface area contributed by atoms with E-state index in [4.69, 9.17) is 4.74 Å². The minimum absolute atomic E-state index is 0.0986. The van der Waals surface area contributed by atoms with Crippen LogP contribution in [0, 0.1) is 0 Å². The fourth-order valence-electron chi connectivity index (χ4n) is 4.03. The molecule has 0 N–H and O–H groups in total. The van der Waals surface area contributed by atoms with Crippen molar-refractivity contribution in [1.29, 1.82) is 0 Å². The van der Waals surface area contributed by atoms with Crippen LogP contribution in [0.4, 0.5) is 0 Å². The first-order chi connectivity index (χ1) is 14.5. The zero-order valence-corrected chi connectivity index (χ0v) is 17.4. The van der Waals surface area contributed by atoms with Crippen LogP contribution in [0.15, 0.2) is 42.5 Å². The third-order valence-electron chi connectivity index (χ3n) is 5.83. The Hall–Kier alpha value is -2.99. The molecule has 2 aromatic carbocycles. The van der Waals surface area contributed by atoms with Crippen LogP contribution in [0.5, 0.6) is 0 Å². The number of fused-ring (bicyclic) bond motifs is 1. The first-order valence-corrected chi connectivity index (χ1v) is 10.4. The maximum atomic E-state index is 12.9. The molecular formula is C24H26N2O4. The highest BCUT2D eigenvalue weighted by molar-refractivity contribution is 6.22. The van der Waals surface area contributed by atoms with E-state index in [9.17, 15) is 14.4 Å². The average Bonchev–Trinajstić information content (AvgIpc) is 3.36. The molecule has 4 rings (SSSR count). The van der Waals surface area contributed by atoms with Crippen molar-refractivity contribution in [2.24, 2.45) is 0 Å². The van der Waals surface area contributed by atoms with Gasteiger partial charge in [-0.2, -0.15) is 0 Å². The number of benzene rings is 2. The van der Waals surface area contributed by atoms with Gasteiger partial charge in [-0.3, -0.25) is 19.3 Å². The molecule has 2 aliphatic rings. The fraction of sp³-hybridized carbons (Fsp3) is 0.375. The van der Waals surface area contributed by atoms with Crippen molar-refractivity contribution in [2.75, 3.05) is 20.2 Å². The van der Waals surface area contributed by atoms with Gasteiger partial charge in [0.15, 0.2) is 0 Å². The third kappa shape index (κ3) is 3.87. The van der Waals surface area contributed by atoms with E-state index in [2.05, 4.69) is 19.1 Å². The number of aryl methyl sites for hydroxylation is 1. The summed E-state index contributed by atoms with van der Waals surface area (Å²) in [7, 11) is 1.74. The first-order valence-electron chi connectivity index (χ1n) is 10.4. The summed E-state index contributed by atoms with van der Waals surface area (Å²) >= 11 is 0. The van der Waals surface area contributed by atoms with Gasteiger partial charge in [-0.25, -0.2) is 0 Å². The molecule has 1 fully saturated rings. The highest BCUT2D eigenvalue weighted by Gasteiger charge is 2.38. The number of hydrogen-bond donors (Lipinski definition) is 0. The summed E-state index contributed by atoms with van der Waals surface area (Å²) in [5.74, 6) is -0.845. The van der Waals surface area contributed by atoms with Gasteiger partial charge in [0.2, 0.25) is 0 Å². The molecular weight excluding hydrogens is 380 g/mol. The van der Waals surface area contributed by atoms with E-state index in [1.165, 1.54) is 10.5 Å². The number of ether oxygens (including phenoxy) is 1. The number of carbonyl (C=O) groups is 3. The molecule has 0 radical (unpaired) electrons. The molecule has 3 amide bonds. The normalized spacial score (nSPS) is 18.1. The van der Waals surface area contributed by atoms with Crippen LogP contribution in [-0.2, 0) is 17.7 Å². The van der Waals surface area contributed by atoms with Crippen molar-refractivity contribution < 1.29 is 19.1 Å². The summed E-state index contributed by atoms with van der Waals surface area (Å²) in [5.41, 5.74) is 3.35. The summed E-state index contributed by atoms with van der Waals surface area (Å²) in [6.07, 6.45) is 2.67. The minimum atomic E-state index is -0.349. The quantitative estimate of drug-likeness (QED) is 0.691. The zero-order chi connectivity index (χ0) is 21.3. The third-order valence-corrected chi connectivity index (χ3v) is 5.83. The van der Waals surface area contributed by atoms with Crippen molar-refractivity contribution >= 4 is 17.7 Å². The lowest BCUT2D eigenvalue weighted by Crippen LogP contribution is -2.36. The Bertz CT molecular complexity index is 977. The molecule has 6 nitrogen and oxygen atoms in total. The summed E-state index contributed by atoms with van der Waals surface area (Å²) in [6, 6.07) is 12.9. The lowest BCUT2D eigenvalue weighted by Gasteiger charge is -2.18. The molecule has 2 aromatic rings. The molecule has 2 heterocycles. The number of amides is 3. The first kappa shape index (κ1) is 20.3. The van der Waals surface area contributed by atoms with E-state index < -0.39 is 0 Å². The molecule has 30 heavy (non-hydrogen) atoms. The van der Waals surface area contributed by atoms with Crippen molar-refractivity contribution in [2.45, 2.75) is 38.8 Å². The number of rotatable bonds is 6. The maximum absolute atomic E-state index is 12.9. The van der Waals surface area contributed by atoms with Gasteiger partial charge in [-0.1, -0.05) is 31.2 Å². The summed E-state index contributed by atoms with van der Waals surface area (Å²) in [6.45, 7) is 3.51. The lowest BCUT2D eigenvalue weighted by molar-refractivity contribution is 0.0475. The van der Waals surface area contributed by atoms with Gasteiger partial charge < -0.3 is 9.64 Å². The van der Waals surface area contributed by atoms with Crippen LogP contribution >= 0.6 is 0 Å². The van der Waals surface area contributed by atoms with Crippen molar-refractivity contribution in [3.63, 3.8) is 0 Å². The number of imide groups is 1. The number of carbonyl (C=O) groups excluding carboxylic acids is 3. The molecule has 0 spiro atoms. The second-order valence-electron chi connectivity index (χ2n) is 7.95. The van der Waals surface area contributed by atoms with Crippen LogP contribution in [0.3, 0.4) is 0 Å². The zero-order valence-electron chi connectivity index (χ0n) is 17.4. The summed E-state index contributed by atoms with van der Waals surface area (Å²) in [4.78, 5) is 41.3. The topological polar surface area (TPSA) is 66.9 Å². The van der Waals surface area contributed by atoms with E-state index in [-0.39, 0.29) is 30.4 Å². The molecule has 6 heteroatoms. The molecule has 1 atom stereocenters. The van der Waals surface area contributed by atoms with Crippen LogP contribution in [0.2, 0.25) is 0 Å².